The average molecular weight is 255 g/mol. The van der Waals surface area contributed by atoms with E-state index in [9.17, 15) is 9.90 Å². The van der Waals surface area contributed by atoms with Crippen LogP contribution in [0.1, 0.15) is 57.8 Å². The molecule has 4 heteroatoms. The Hall–Kier alpha value is -0.610. The monoisotopic (exact) mass is 255 g/mol. The zero-order chi connectivity index (χ0) is 12.8. The van der Waals surface area contributed by atoms with Gasteiger partial charge in [-0.15, -0.1) is 0 Å². The van der Waals surface area contributed by atoms with Crippen molar-refractivity contribution in [3.63, 3.8) is 0 Å². The first-order valence-electron chi connectivity index (χ1n) is 7.35. The second-order valence-electron chi connectivity index (χ2n) is 5.55. The van der Waals surface area contributed by atoms with Crippen LogP contribution >= 0.6 is 0 Å². The number of carbonyl (C=O) groups is 1. The lowest BCUT2D eigenvalue weighted by Gasteiger charge is -2.28. The summed E-state index contributed by atoms with van der Waals surface area (Å²) in [6, 6.07) is -0.0291. The third-order valence-corrected chi connectivity index (χ3v) is 4.04. The smallest absolute Gasteiger partial charge is 0.220 e. The van der Waals surface area contributed by atoms with Crippen molar-refractivity contribution in [3.8, 4) is 0 Å². The topological polar surface area (TPSA) is 58.6 Å². The molecule has 2 fully saturated rings. The third-order valence-electron chi connectivity index (χ3n) is 4.04. The highest BCUT2D eigenvalue weighted by molar-refractivity contribution is 5.76. The molecule has 0 spiro atoms. The largest absolute Gasteiger partial charge is 0.391 e. The lowest BCUT2D eigenvalue weighted by atomic mass is 9.92. The maximum atomic E-state index is 11.8. The van der Waals surface area contributed by atoms with Gasteiger partial charge < -0.3 is 15.2 Å². The normalized spacial score (nSPS) is 33.1. The van der Waals surface area contributed by atoms with Gasteiger partial charge in [0.15, 0.2) is 0 Å². The molecule has 1 amide bonds. The summed E-state index contributed by atoms with van der Waals surface area (Å²) in [7, 11) is 0. The van der Waals surface area contributed by atoms with Crippen LogP contribution in [-0.2, 0) is 9.53 Å². The van der Waals surface area contributed by atoms with Gasteiger partial charge in [-0.3, -0.25) is 4.79 Å². The fourth-order valence-electron chi connectivity index (χ4n) is 2.89. The van der Waals surface area contributed by atoms with E-state index in [2.05, 4.69) is 5.32 Å². The maximum Gasteiger partial charge on any atom is 0.220 e. The number of ether oxygens (including phenoxy) is 1. The summed E-state index contributed by atoms with van der Waals surface area (Å²) in [6.45, 7) is 0.841. The van der Waals surface area contributed by atoms with Gasteiger partial charge >= 0.3 is 0 Å². The molecule has 0 aromatic carbocycles. The summed E-state index contributed by atoms with van der Waals surface area (Å²) < 4.78 is 5.61. The number of aliphatic hydroxyl groups excluding tert-OH is 1. The molecule has 104 valence electrons. The van der Waals surface area contributed by atoms with Gasteiger partial charge in [0.05, 0.1) is 18.2 Å². The lowest BCUT2D eigenvalue weighted by Crippen LogP contribution is -2.45. The number of hydrogen-bond acceptors (Lipinski definition) is 3. The standard InChI is InChI=1S/C14H25NO3/c16-13-7-2-1-6-12(13)15-14(17)9-8-11-5-3-4-10-18-11/h11-13,16H,1-10H2,(H,15,17)/t11?,12-,13-/m0/s1. The zero-order valence-corrected chi connectivity index (χ0v) is 11.1. The number of amides is 1. The van der Waals surface area contributed by atoms with Crippen LogP contribution in [0.2, 0.25) is 0 Å². The minimum atomic E-state index is -0.353. The van der Waals surface area contributed by atoms with E-state index in [1.54, 1.807) is 0 Å². The summed E-state index contributed by atoms with van der Waals surface area (Å²) in [4.78, 5) is 11.8. The molecule has 2 aliphatic rings. The summed E-state index contributed by atoms with van der Waals surface area (Å²) in [6.07, 6.45) is 8.60. The molecule has 0 aromatic heterocycles. The predicted molar refractivity (Wildman–Crippen MR) is 69.2 cm³/mol. The maximum absolute atomic E-state index is 11.8. The van der Waals surface area contributed by atoms with Crippen LogP contribution in [0.25, 0.3) is 0 Å². The molecule has 1 aliphatic heterocycles. The van der Waals surface area contributed by atoms with Crippen LogP contribution in [0, 0.1) is 0 Å². The Morgan fingerprint density at radius 3 is 2.67 bits per heavy atom. The van der Waals surface area contributed by atoms with E-state index in [0.29, 0.717) is 6.42 Å². The number of rotatable bonds is 4. The lowest BCUT2D eigenvalue weighted by molar-refractivity contribution is -0.124. The molecule has 3 atom stereocenters. The van der Waals surface area contributed by atoms with Crippen LogP contribution in [0.15, 0.2) is 0 Å². The number of nitrogens with one attached hydrogen (secondary N) is 1. The van der Waals surface area contributed by atoms with Gasteiger partial charge in [0.25, 0.3) is 0 Å². The van der Waals surface area contributed by atoms with Crippen molar-refractivity contribution < 1.29 is 14.6 Å². The van der Waals surface area contributed by atoms with Gasteiger partial charge in [-0.05, 0) is 38.5 Å². The van der Waals surface area contributed by atoms with Crippen molar-refractivity contribution in [2.45, 2.75) is 76.0 Å². The Balaban J connectivity index is 1.64. The molecule has 2 N–H and O–H groups in total. The molecular weight excluding hydrogens is 230 g/mol. The van der Waals surface area contributed by atoms with Crippen LogP contribution in [0.3, 0.4) is 0 Å². The highest BCUT2D eigenvalue weighted by atomic mass is 16.5. The highest BCUT2D eigenvalue weighted by Gasteiger charge is 2.24. The van der Waals surface area contributed by atoms with Gasteiger partial charge in [-0.2, -0.15) is 0 Å². The Labute approximate surface area is 109 Å². The second-order valence-corrected chi connectivity index (χ2v) is 5.55. The van der Waals surface area contributed by atoms with Crippen molar-refractivity contribution >= 4 is 5.91 Å². The summed E-state index contributed by atoms with van der Waals surface area (Å²) >= 11 is 0. The molecule has 0 radical (unpaired) electrons. The first-order chi connectivity index (χ1) is 8.75. The molecule has 1 saturated heterocycles. The second kappa shape index (κ2) is 7.10. The summed E-state index contributed by atoms with van der Waals surface area (Å²) in [5.74, 6) is 0.0649. The van der Waals surface area contributed by atoms with Crippen molar-refractivity contribution in [1.82, 2.24) is 5.32 Å². The van der Waals surface area contributed by atoms with Crippen LogP contribution in [0.4, 0.5) is 0 Å². The van der Waals surface area contributed by atoms with E-state index >= 15 is 0 Å². The molecule has 1 aliphatic carbocycles. The van der Waals surface area contributed by atoms with Crippen molar-refractivity contribution in [2.24, 2.45) is 0 Å². The van der Waals surface area contributed by atoms with Gasteiger partial charge in [0, 0.05) is 13.0 Å². The van der Waals surface area contributed by atoms with E-state index in [-0.39, 0.29) is 24.2 Å². The van der Waals surface area contributed by atoms with Crippen LogP contribution in [-0.4, -0.2) is 35.9 Å². The van der Waals surface area contributed by atoms with Crippen molar-refractivity contribution in [2.75, 3.05) is 6.61 Å². The van der Waals surface area contributed by atoms with Gasteiger partial charge in [-0.25, -0.2) is 0 Å². The van der Waals surface area contributed by atoms with Crippen molar-refractivity contribution in [3.05, 3.63) is 0 Å². The molecular formula is C14H25NO3. The fraction of sp³-hybridized carbons (Fsp3) is 0.929. The SMILES string of the molecule is O=C(CCC1CCCCO1)N[C@H]1CCCC[C@@H]1O. The number of hydrogen-bond donors (Lipinski definition) is 2. The molecule has 1 unspecified atom stereocenters. The van der Waals surface area contributed by atoms with Crippen LogP contribution in [0.5, 0.6) is 0 Å². The molecule has 1 heterocycles. The molecule has 18 heavy (non-hydrogen) atoms. The first-order valence-corrected chi connectivity index (χ1v) is 7.35. The Morgan fingerprint density at radius 1 is 1.17 bits per heavy atom. The van der Waals surface area contributed by atoms with E-state index in [1.165, 1.54) is 6.42 Å². The van der Waals surface area contributed by atoms with E-state index in [0.717, 1.165) is 51.6 Å². The average Bonchev–Trinajstić information content (AvgIpc) is 2.40. The molecule has 0 bridgehead atoms. The quantitative estimate of drug-likeness (QED) is 0.804. The van der Waals surface area contributed by atoms with Crippen molar-refractivity contribution in [1.29, 1.82) is 0 Å². The van der Waals surface area contributed by atoms with Gasteiger partial charge in [-0.1, -0.05) is 12.8 Å². The van der Waals surface area contributed by atoms with E-state index < -0.39 is 0 Å². The van der Waals surface area contributed by atoms with E-state index in [4.69, 9.17) is 4.74 Å². The highest BCUT2D eigenvalue weighted by Crippen LogP contribution is 2.19. The molecule has 1 saturated carbocycles. The van der Waals surface area contributed by atoms with Gasteiger partial charge in [0.1, 0.15) is 0 Å². The summed E-state index contributed by atoms with van der Waals surface area (Å²) in [5, 5.41) is 12.8. The Kier molecular flexibility index (Phi) is 5.45. The molecule has 4 nitrogen and oxygen atoms in total. The Morgan fingerprint density at radius 2 is 1.94 bits per heavy atom. The number of carbonyl (C=O) groups excluding carboxylic acids is 1. The summed E-state index contributed by atoms with van der Waals surface area (Å²) in [5.41, 5.74) is 0. The number of aliphatic hydroxyl groups is 1. The Bertz CT molecular complexity index is 264. The minimum absolute atomic E-state index is 0.0291. The van der Waals surface area contributed by atoms with Gasteiger partial charge in [0.2, 0.25) is 5.91 Å². The fourth-order valence-corrected chi connectivity index (χ4v) is 2.89. The predicted octanol–water partition coefficient (Wildman–Crippen LogP) is 1.76. The molecule has 0 aromatic rings. The first kappa shape index (κ1) is 13.8. The minimum Gasteiger partial charge on any atom is -0.391 e. The zero-order valence-electron chi connectivity index (χ0n) is 11.1. The van der Waals surface area contributed by atoms with Crippen LogP contribution < -0.4 is 5.32 Å². The molecule has 2 rings (SSSR count). The van der Waals surface area contributed by atoms with E-state index in [1.807, 2.05) is 0 Å². The third kappa shape index (κ3) is 4.25.